The van der Waals surface area contributed by atoms with Crippen molar-refractivity contribution in [3.05, 3.63) is 6.33 Å². The molecule has 5 N–H and O–H groups in total. The van der Waals surface area contributed by atoms with Crippen molar-refractivity contribution in [2.24, 2.45) is 0 Å². The molecule has 0 aliphatic heterocycles. The lowest BCUT2D eigenvalue weighted by molar-refractivity contribution is 0.0381. The van der Waals surface area contributed by atoms with Gasteiger partial charge >= 0.3 is 0 Å². The van der Waals surface area contributed by atoms with E-state index < -0.39 is 5.60 Å². The average Bonchev–Trinajstić information content (AvgIpc) is 2.78. The van der Waals surface area contributed by atoms with E-state index in [0.717, 1.165) is 31.2 Å². The van der Waals surface area contributed by atoms with E-state index in [1.807, 2.05) is 0 Å². The molecule has 1 saturated carbocycles. The number of anilines is 2. The zero-order valence-electron chi connectivity index (χ0n) is 11.4. The van der Waals surface area contributed by atoms with Gasteiger partial charge in [-0.3, -0.25) is 0 Å². The van der Waals surface area contributed by atoms with E-state index in [1.165, 1.54) is 12.8 Å². The molecule has 3 rings (SSSR count). The van der Waals surface area contributed by atoms with Crippen molar-refractivity contribution in [3.8, 4) is 0 Å². The second-order valence-electron chi connectivity index (χ2n) is 5.52. The minimum Gasteiger partial charge on any atom is -0.388 e. The minimum absolute atomic E-state index is 0.181. The summed E-state index contributed by atoms with van der Waals surface area (Å²) in [5.41, 5.74) is 6.26. The summed E-state index contributed by atoms with van der Waals surface area (Å²) >= 11 is 0. The molecular weight excluding hydrogens is 256 g/mol. The van der Waals surface area contributed by atoms with Crippen molar-refractivity contribution in [2.75, 3.05) is 17.6 Å². The van der Waals surface area contributed by atoms with Crippen LogP contribution in [-0.4, -0.2) is 37.2 Å². The van der Waals surface area contributed by atoms with Crippen LogP contribution < -0.4 is 11.1 Å². The molecule has 1 aliphatic carbocycles. The number of nitrogens with zero attached hydrogens (tertiary/aromatic N) is 3. The standard InChI is InChI=1S/C13H20N6O/c14-12-18-10(9-11(19-12)17-8-16-9)15-7-13(20)5-3-1-2-4-6-13/h8,20H,1-7H2,(H4,14,15,16,17,18,19). The third kappa shape index (κ3) is 2.67. The van der Waals surface area contributed by atoms with Gasteiger partial charge in [-0.2, -0.15) is 9.97 Å². The number of nitrogens with one attached hydrogen (secondary N) is 2. The molecule has 0 saturated heterocycles. The summed E-state index contributed by atoms with van der Waals surface area (Å²) in [7, 11) is 0. The van der Waals surface area contributed by atoms with Gasteiger partial charge in [0.15, 0.2) is 11.5 Å². The second kappa shape index (κ2) is 5.24. The van der Waals surface area contributed by atoms with E-state index in [9.17, 15) is 5.11 Å². The molecule has 1 fully saturated rings. The molecule has 1 aliphatic rings. The smallest absolute Gasteiger partial charge is 0.224 e. The van der Waals surface area contributed by atoms with Crippen LogP contribution in [0.2, 0.25) is 0 Å². The lowest BCUT2D eigenvalue weighted by Crippen LogP contribution is -2.36. The van der Waals surface area contributed by atoms with Gasteiger partial charge in [0, 0.05) is 6.54 Å². The Hall–Kier alpha value is -1.89. The van der Waals surface area contributed by atoms with Crippen molar-refractivity contribution >= 4 is 22.9 Å². The van der Waals surface area contributed by atoms with Gasteiger partial charge in [0.1, 0.15) is 5.52 Å². The molecule has 7 nitrogen and oxygen atoms in total. The van der Waals surface area contributed by atoms with Crippen molar-refractivity contribution < 1.29 is 5.11 Å². The van der Waals surface area contributed by atoms with Crippen LogP contribution in [0.3, 0.4) is 0 Å². The van der Waals surface area contributed by atoms with Crippen LogP contribution in [0.25, 0.3) is 11.2 Å². The normalized spacial score (nSPS) is 18.9. The SMILES string of the molecule is Nc1nc(NCC2(O)CCCCCC2)c2[nH]cnc2n1. The van der Waals surface area contributed by atoms with E-state index in [-0.39, 0.29) is 5.95 Å². The highest BCUT2D eigenvalue weighted by Crippen LogP contribution is 2.28. The average molecular weight is 276 g/mol. The largest absolute Gasteiger partial charge is 0.388 e. The summed E-state index contributed by atoms with van der Waals surface area (Å²) in [4.78, 5) is 15.3. The zero-order chi connectivity index (χ0) is 14.0. The monoisotopic (exact) mass is 276 g/mol. The Labute approximate surface area is 117 Å². The van der Waals surface area contributed by atoms with Crippen LogP contribution in [0, 0.1) is 0 Å². The fraction of sp³-hybridized carbons (Fsp3) is 0.615. The van der Waals surface area contributed by atoms with Crippen LogP contribution in [0.15, 0.2) is 6.33 Å². The minimum atomic E-state index is -0.664. The number of aromatic amines is 1. The Morgan fingerprint density at radius 1 is 1.25 bits per heavy atom. The number of nitrogens with two attached hydrogens (primary N) is 1. The van der Waals surface area contributed by atoms with Crippen LogP contribution in [0.1, 0.15) is 38.5 Å². The van der Waals surface area contributed by atoms with E-state index in [0.29, 0.717) is 18.0 Å². The van der Waals surface area contributed by atoms with Gasteiger partial charge in [-0.05, 0) is 12.8 Å². The first kappa shape index (κ1) is 13.1. The van der Waals surface area contributed by atoms with Gasteiger partial charge < -0.3 is 21.1 Å². The fourth-order valence-electron chi connectivity index (χ4n) is 2.79. The molecule has 2 heterocycles. The van der Waals surface area contributed by atoms with Crippen LogP contribution in [-0.2, 0) is 0 Å². The third-order valence-electron chi connectivity index (χ3n) is 3.92. The molecule has 2 aromatic heterocycles. The summed E-state index contributed by atoms with van der Waals surface area (Å²) in [6.45, 7) is 0.470. The van der Waals surface area contributed by atoms with E-state index >= 15 is 0 Å². The molecule has 20 heavy (non-hydrogen) atoms. The van der Waals surface area contributed by atoms with Gasteiger partial charge in [0.25, 0.3) is 0 Å². The molecule has 7 heteroatoms. The maximum Gasteiger partial charge on any atom is 0.224 e. The van der Waals surface area contributed by atoms with Crippen LogP contribution >= 0.6 is 0 Å². The van der Waals surface area contributed by atoms with Crippen molar-refractivity contribution in [1.29, 1.82) is 0 Å². The number of H-pyrrole nitrogens is 1. The van der Waals surface area contributed by atoms with E-state index in [1.54, 1.807) is 6.33 Å². The third-order valence-corrected chi connectivity index (χ3v) is 3.92. The topological polar surface area (TPSA) is 113 Å². The highest BCUT2D eigenvalue weighted by molar-refractivity contribution is 5.83. The Morgan fingerprint density at radius 2 is 2.00 bits per heavy atom. The number of imidazole rings is 1. The molecule has 0 atom stereocenters. The number of aliphatic hydroxyl groups is 1. The quantitative estimate of drug-likeness (QED) is 0.631. The summed E-state index contributed by atoms with van der Waals surface area (Å²) < 4.78 is 0. The molecule has 0 spiro atoms. The van der Waals surface area contributed by atoms with Gasteiger partial charge in [0.2, 0.25) is 5.95 Å². The van der Waals surface area contributed by atoms with Gasteiger partial charge in [0.05, 0.1) is 11.9 Å². The summed E-state index contributed by atoms with van der Waals surface area (Å²) in [6.07, 6.45) is 7.76. The van der Waals surface area contributed by atoms with Gasteiger partial charge in [-0.1, -0.05) is 25.7 Å². The molecular formula is C13H20N6O. The number of rotatable bonds is 3. The van der Waals surface area contributed by atoms with Crippen LogP contribution in [0.4, 0.5) is 11.8 Å². The van der Waals surface area contributed by atoms with Crippen molar-refractivity contribution in [2.45, 2.75) is 44.1 Å². The molecule has 0 aromatic carbocycles. The van der Waals surface area contributed by atoms with E-state index in [4.69, 9.17) is 5.73 Å². The maximum absolute atomic E-state index is 10.6. The highest BCUT2D eigenvalue weighted by atomic mass is 16.3. The fourth-order valence-corrected chi connectivity index (χ4v) is 2.79. The second-order valence-corrected chi connectivity index (χ2v) is 5.52. The van der Waals surface area contributed by atoms with Gasteiger partial charge in [-0.25, -0.2) is 4.98 Å². The molecule has 0 unspecified atom stereocenters. The Kier molecular flexibility index (Phi) is 3.43. The Balaban J connectivity index is 1.77. The zero-order valence-corrected chi connectivity index (χ0v) is 11.4. The van der Waals surface area contributed by atoms with Gasteiger partial charge in [-0.15, -0.1) is 0 Å². The van der Waals surface area contributed by atoms with Crippen molar-refractivity contribution in [3.63, 3.8) is 0 Å². The first-order chi connectivity index (χ1) is 9.66. The number of fused-ring (bicyclic) bond motifs is 1. The summed E-state index contributed by atoms with van der Waals surface area (Å²) in [6, 6.07) is 0. The number of hydrogen-bond acceptors (Lipinski definition) is 6. The van der Waals surface area contributed by atoms with Crippen LogP contribution in [0.5, 0.6) is 0 Å². The predicted octanol–water partition coefficient (Wildman–Crippen LogP) is 1.43. The number of nitrogen functional groups attached to an aromatic ring is 1. The first-order valence-corrected chi connectivity index (χ1v) is 7.09. The maximum atomic E-state index is 10.6. The molecule has 0 radical (unpaired) electrons. The highest BCUT2D eigenvalue weighted by Gasteiger charge is 2.28. The molecule has 0 bridgehead atoms. The first-order valence-electron chi connectivity index (χ1n) is 7.09. The molecule has 108 valence electrons. The molecule has 0 amide bonds. The van der Waals surface area contributed by atoms with Crippen molar-refractivity contribution in [1.82, 2.24) is 19.9 Å². The Bertz CT molecular complexity index is 588. The lowest BCUT2D eigenvalue weighted by atomic mass is 9.94. The number of hydrogen-bond donors (Lipinski definition) is 4. The Morgan fingerprint density at radius 3 is 2.75 bits per heavy atom. The number of aromatic nitrogens is 4. The van der Waals surface area contributed by atoms with E-state index in [2.05, 4.69) is 25.3 Å². The summed E-state index contributed by atoms with van der Waals surface area (Å²) in [5, 5.41) is 13.8. The lowest BCUT2D eigenvalue weighted by Gasteiger charge is -2.27. The molecule has 2 aromatic rings. The summed E-state index contributed by atoms with van der Waals surface area (Å²) in [5.74, 6) is 0.780. The predicted molar refractivity (Wildman–Crippen MR) is 77.2 cm³/mol.